The molecule has 2 aliphatic heterocycles. The molecule has 0 radical (unpaired) electrons. The lowest BCUT2D eigenvalue weighted by atomic mass is 9.89. The minimum absolute atomic E-state index is 0.188. The third kappa shape index (κ3) is 3.79. The fourth-order valence-electron chi connectivity index (χ4n) is 4.16. The molecule has 1 aromatic rings. The van der Waals surface area contributed by atoms with Crippen LogP contribution < -0.4 is 0 Å². The maximum absolute atomic E-state index is 12.1. The highest BCUT2D eigenvalue weighted by Gasteiger charge is 2.48. The Labute approximate surface area is 144 Å². The molecule has 0 saturated carbocycles. The Morgan fingerprint density at radius 3 is 2.62 bits per heavy atom. The van der Waals surface area contributed by atoms with Gasteiger partial charge in [0.25, 0.3) is 0 Å². The highest BCUT2D eigenvalue weighted by atomic mass is 16.5. The van der Waals surface area contributed by atoms with Crippen LogP contribution in [0.2, 0.25) is 0 Å². The number of likely N-dealkylation sites (tertiary alicyclic amines) is 2. The van der Waals surface area contributed by atoms with Crippen LogP contribution in [0.25, 0.3) is 0 Å². The van der Waals surface area contributed by atoms with E-state index in [0.717, 1.165) is 32.8 Å². The summed E-state index contributed by atoms with van der Waals surface area (Å²) >= 11 is 0. The van der Waals surface area contributed by atoms with Crippen LogP contribution in [0.4, 0.5) is 0 Å². The Morgan fingerprint density at radius 1 is 1.12 bits per heavy atom. The summed E-state index contributed by atoms with van der Waals surface area (Å²) in [5.74, 6) is 1.28. The Kier molecular flexibility index (Phi) is 5.87. The molecule has 5 nitrogen and oxygen atoms in total. The predicted molar refractivity (Wildman–Crippen MR) is 92.7 cm³/mol. The number of methoxy groups -OCH3 is 1. The number of hydrogen-bond donors (Lipinski definition) is 0. The van der Waals surface area contributed by atoms with Crippen LogP contribution in [0, 0.1) is 11.8 Å². The number of amides is 1. The van der Waals surface area contributed by atoms with Gasteiger partial charge in [-0.15, -0.1) is 0 Å². The molecular formula is C19H28N2O3. The normalized spacial score (nSPS) is 26.8. The average molecular weight is 332 g/mol. The van der Waals surface area contributed by atoms with Crippen molar-refractivity contribution in [2.45, 2.75) is 13.0 Å². The maximum Gasteiger partial charge on any atom is 0.219 e. The molecule has 3 atom stereocenters. The predicted octanol–water partition coefficient (Wildman–Crippen LogP) is 1.80. The topological polar surface area (TPSA) is 42.0 Å². The van der Waals surface area contributed by atoms with Crippen molar-refractivity contribution in [1.29, 1.82) is 0 Å². The highest BCUT2D eigenvalue weighted by molar-refractivity contribution is 5.74. The number of ether oxygens (including phenoxy) is 2. The van der Waals surface area contributed by atoms with E-state index in [2.05, 4.69) is 34.1 Å². The van der Waals surface area contributed by atoms with Crippen molar-refractivity contribution >= 4 is 5.91 Å². The molecule has 1 aromatic carbocycles. The zero-order valence-electron chi connectivity index (χ0n) is 14.7. The second-order valence-electron chi connectivity index (χ2n) is 6.82. The third-order valence-electron chi connectivity index (χ3n) is 5.27. The van der Waals surface area contributed by atoms with E-state index in [4.69, 9.17) is 9.47 Å². The molecule has 3 rings (SSSR count). The molecule has 5 heteroatoms. The average Bonchev–Trinajstić information content (AvgIpc) is 3.12. The number of rotatable bonds is 7. The summed E-state index contributed by atoms with van der Waals surface area (Å²) in [6.07, 6.45) is 0. The fraction of sp³-hybridized carbons (Fsp3) is 0.632. The van der Waals surface area contributed by atoms with Crippen LogP contribution in [0.3, 0.4) is 0 Å². The summed E-state index contributed by atoms with van der Waals surface area (Å²) in [4.78, 5) is 16.6. The molecule has 0 aliphatic carbocycles. The van der Waals surface area contributed by atoms with E-state index >= 15 is 0 Å². The van der Waals surface area contributed by atoms with Crippen LogP contribution in [-0.2, 0) is 14.3 Å². The van der Waals surface area contributed by atoms with Gasteiger partial charge in [0.2, 0.25) is 5.91 Å². The van der Waals surface area contributed by atoms with Crippen molar-refractivity contribution in [1.82, 2.24) is 9.80 Å². The second kappa shape index (κ2) is 8.10. The molecule has 1 amide bonds. The number of carbonyl (C=O) groups is 1. The quantitative estimate of drug-likeness (QED) is 0.714. The lowest BCUT2D eigenvalue weighted by Gasteiger charge is -2.29. The van der Waals surface area contributed by atoms with Gasteiger partial charge in [0.05, 0.1) is 25.9 Å². The first-order valence-electron chi connectivity index (χ1n) is 8.82. The molecule has 24 heavy (non-hydrogen) atoms. The van der Waals surface area contributed by atoms with Gasteiger partial charge in [-0.1, -0.05) is 30.3 Å². The molecule has 0 spiro atoms. The van der Waals surface area contributed by atoms with Crippen molar-refractivity contribution in [2.75, 3.05) is 53.1 Å². The summed E-state index contributed by atoms with van der Waals surface area (Å²) < 4.78 is 10.6. The molecule has 0 aromatic heterocycles. The van der Waals surface area contributed by atoms with Gasteiger partial charge in [0, 0.05) is 46.1 Å². The van der Waals surface area contributed by atoms with E-state index in [-0.39, 0.29) is 11.9 Å². The first-order valence-corrected chi connectivity index (χ1v) is 8.82. The van der Waals surface area contributed by atoms with Crippen LogP contribution in [0.5, 0.6) is 0 Å². The van der Waals surface area contributed by atoms with E-state index in [1.165, 1.54) is 5.56 Å². The summed E-state index contributed by atoms with van der Waals surface area (Å²) in [7, 11) is 1.69. The summed E-state index contributed by atoms with van der Waals surface area (Å²) in [5.41, 5.74) is 1.26. The monoisotopic (exact) mass is 332 g/mol. The molecule has 2 saturated heterocycles. The lowest BCUT2D eigenvalue weighted by Crippen LogP contribution is -2.35. The van der Waals surface area contributed by atoms with Gasteiger partial charge in [-0.25, -0.2) is 0 Å². The van der Waals surface area contributed by atoms with Gasteiger partial charge in [0.1, 0.15) is 0 Å². The molecule has 2 fully saturated rings. The van der Waals surface area contributed by atoms with Gasteiger partial charge >= 0.3 is 0 Å². The van der Waals surface area contributed by atoms with Gasteiger partial charge in [0.15, 0.2) is 0 Å². The van der Waals surface area contributed by atoms with E-state index in [1.54, 1.807) is 14.0 Å². The molecule has 132 valence electrons. The summed E-state index contributed by atoms with van der Waals surface area (Å²) in [6.45, 7) is 7.68. The minimum Gasteiger partial charge on any atom is -0.382 e. The Bertz CT molecular complexity index is 537. The zero-order valence-corrected chi connectivity index (χ0v) is 14.7. The minimum atomic E-state index is 0.188. The standard InChI is InChI=1S/C19H28N2O3/c1-15(22)21-13-17-12-20(8-9-24-11-10-23-2)14-18(17)19(21)16-6-4-3-5-7-16/h3-7,17-19H,8-14H2,1-2H3/t17-,18-,19-/m1/s1. The van der Waals surface area contributed by atoms with Gasteiger partial charge in [-0.2, -0.15) is 0 Å². The van der Waals surface area contributed by atoms with Gasteiger partial charge in [-0.05, 0) is 11.5 Å². The Balaban J connectivity index is 1.61. The van der Waals surface area contributed by atoms with Crippen molar-refractivity contribution < 1.29 is 14.3 Å². The largest absolute Gasteiger partial charge is 0.382 e. The van der Waals surface area contributed by atoms with E-state index in [1.807, 2.05) is 6.07 Å². The molecule has 0 bridgehead atoms. The first-order chi connectivity index (χ1) is 11.7. The fourth-order valence-corrected chi connectivity index (χ4v) is 4.16. The third-order valence-corrected chi connectivity index (χ3v) is 5.27. The molecule has 0 N–H and O–H groups in total. The van der Waals surface area contributed by atoms with Crippen LogP contribution in [0.15, 0.2) is 30.3 Å². The summed E-state index contributed by atoms with van der Waals surface area (Å²) in [6, 6.07) is 10.7. The molecular weight excluding hydrogens is 304 g/mol. The molecule has 2 aliphatic rings. The van der Waals surface area contributed by atoms with E-state index in [9.17, 15) is 4.79 Å². The van der Waals surface area contributed by atoms with Crippen molar-refractivity contribution in [2.24, 2.45) is 11.8 Å². The smallest absolute Gasteiger partial charge is 0.219 e. The van der Waals surface area contributed by atoms with Crippen molar-refractivity contribution in [3.05, 3.63) is 35.9 Å². The van der Waals surface area contributed by atoms with Crippen LogP contribution in [0.1, 0.15) is 18.5 Å². The first kappa shape index (κ1) is 17.4. The van der Waals surface area contributed by atoms with Crippen LogP contribution >= 0.6 is 0 Å². The molecule has 0 unspecified atom stereocenters. The Hall–Kier alpha value is -1.43. The molecule has 2 heterocycles. The van der Waals surface area contributed by atoms with Crippen LogP contribution in [-0.4, -0.2) is 68.8 Å². The Morgan fingerprint density at radius 2 is 1.92 bits per heavy atom. The number of hydrogen-bond acceptors (Lipinski definition) is 4. The second-order valence-corrected chi connectivity index (χ2v) is 6.82. The van der Waals surface area contributed by atoms with Crippen molar-refractivity contribution in [3.8, 4) is 0 Å². The summed E-state index contributed by atoms with van der Waals surface area (Å²) in [5, 5.41) is 0. The SMILES string of the molecule is COCCOCCN1C[C@@H]2CN(C(C)=O)[C@H](c3ccccc3)[C@@H]2C1. The number of benzene rings is 1. The van der Waals surface area contributed by atoms with Gasteiger partial charge < -0.3 is 19.3 Å². The van der Waals surface area contributed by atoms with E-state index in [0.29, 0.717) is 25.0 Å². The number of fused-ring (bicyclic) bond motifs is 1. The van der Waals surface area contributed by atoms with Crippen molar-refractivity contribution in [3.63, 3.8) is 0 Å². The lowest BCUT2D eigenvalue weighted by molar-refractivity contribution is -0.130. The maximum atomic E-state index is 12.1. The van der Waals surface area contributed by atoms with Gasteiger partial charge in [-0.3, -0.25) is 4.79 Å². The zero-order chi connectivity index (χ0) is 16.9. The number of carbonyl (C=O) groups excluding carboxylic acids is 1. The highest BCUT2D eigenvalue weighted by Crippen LogP contribution is 2.44. The number of nitrogens with zero attached hydrogens (tertiary/aromatic N) is 2. The van der Waals surface area contributed by atoms with E-state index < -0.39 is 0 Å².